The summed E-state index contributed by atoms with van der Waals surface area (Å²) in [6.07, 6.45) is 13.1. The lowest BCUT2D eigenvalue weighted by Crippen LogP contribution is -2.19. The van der Waals surface area contributed by atoms with E-state index in [2.05, 4.69) is 46.1 Å². The van der Waals surface area contributed by atoms with Crippen molar-refractivity contribution >= 4 is 12.2 Å². The number of aromatic nitrogens is 4. The number of aromatic amines is 1. The van der Waals surface area contributed by atoms with E-state index in [-0.39, 0.29) is 5.56 Å². The highest BCUT2D eigenvalue weighted by molar-refractivity contribution is 7.71. The number of nitrogens with zero attached hydrogens (tertiary/aromatic N) is 3. The van der Waals surface area contributed by atoms with Crippen molar-refractivity contribution in [1.29, 1.82) is 0 Å². The Morgan fingerprint density at radius 3 is 2.36 bits per heavy atom. The summed E-state index contributed by atoms with van der Waals surface area (Å²) in [5, 5.41) is 0. The van der Waals surface area contributed by atoms with Crippen LogP contribution in [0.3, 0.4) is 0 Å². The summed E-state index contributed by atoms with van der Waals surface area (Å²) >= 11 is 5.34. The van der Waals surface area contributed by atoms with Gasteiger partial charge in [-0.1, -0.05) is 44.0 Å². The second-order valence-corrected chi connectivity index (χ2v) is 7.44. The van der Waals surface area contributed by atoms with E-state index in [4.69, 9.17) is 12.2 Å². The van der Waals surface area contributed by atoms with Gasteiger partial charge in [-0.2, -0.15) is 0 Å². The predicted octanol–water partition coefficient (Wildman–Crippen LogP) is 4.26. The van der Waals surface area contributed by atoms with Crippen LogP contribution >= 0.6 is 12.2 Å². The Morgan fingerprint density at radius 1 is 1.00 bits per heavy atom. The van der Waals surface area contributed by atoms with Crippen LogP contribution in [0.2, 0.25) is 0 Å². The molecule has 0 aliphatic carbocycles. The monoisotopic (exact) mass is 394 g/mol. The van der Waals surface area contributed by atoms with Crippen LogP contribution in [0.5, 0.6) is 0 Å². The maximum atomic E-state index is 12.2. The number of hydrogen-bond acceptors (Lipinski definition) is 4. The molecule has 1 aromatic carbocycles. The molecule has 3 aromatic rings. The van der Waals surface area contributed by atoms with Crippen molar-refractivity contribution in [2.24, 2.45) is 0 Å². The summed E-state index contributed by atoms with van der Waals surface area (Å²) in [4.78, 5) is 23.0. The van der Waals surface area contributed by atoms with Gasteiger partial charge in [-0.15, -0.1) is 0 Å². The van der Waals surface area contributed by atoms with Crippen LogP contribution in [-0.2, 0) is 25.8 Å². The molecule has 0 bridgehead atoms. The van der Waals surface area contributed by atoms with Crippen LogP contribution < -0.4 is 5.56 Å². The molecule has 0 saturated carbocycles. The molecule has 146 valence electrons. The zero-order valence-corrected chi connectivity index (χ0v) is 17.0. The molecule has 5 nitrogen and oxygen atoms in total. The first kappa shape index (κ1) is 20.1. The van der Waals surface area contributed by atoms with Crippen molar-refractivity contribution in [1.82, 2.24) is 19.5 Å². The van der Waals surface area contributed by atoms with Crippen molar-refractivity contribution in [3.8, 4) is 0 Å². The van der Waals surface area contributed by atoms with Crippen molar-refractivity contribution in [3.05, 3.63) is 86.6 Å². The van der Waals surface area contributed by atoms with Crippen molar-refractivity contribution in [2.45, 2.75) is 52.0 Å². The van der Waals surface area contributed by atoms with E-state index < -0.39 is 0 Å². The lowest BCUT2D eigenvalue weighted by atomic mass is 10.0. The molecule has 2 aromatic heterocycles. The molecule has 0 aliphatic heterocycles. The van der Waals surface area contributed by atoms with Gasteiger partial charge in [-0.3, -0.25) is 9.78 Å². The Balaban J connectivity index is 1.66. The number of hydrogen-bond donors (Lipinski definition) is 1. The summed E-state index contributed by atoms with van der Waals surface area (Å²) in [5.41, 5.74) is 4.07. The second-order valence-electron chi connectivity index (χ2n) is 7.05. The van der Waals surface area contributed by atoms with Crippen LogP contribution in [0.4, 0.5) is 0 Å². The van der Waals surface area contributed by atoms with Gasteiger partial charge >= 0.3 is 0 Å². The van der Waals surface area contributed by atoms with Gasteiger partial charge in [0.15, 0.2) is 4.77 Å². The highest BCUT2D eigenvalue weighted by Crippen LogP contribution is 2.10. The maximum Gasteiger partial charge on any atom is 0.255 e. The predicted molar refractivity (Wildman–Crippen MR) is 114 cm³/mol. The van der Waals surface area contributed by atoms with Gasteiger partial charge in [0.1, 0.15) is 6.33 Å². The number of aryl methyl sites for hydroxylation is 3. The lowest BCUT2D eigenvalue weighted by Gasteiger charge is -2.10. The maximum absolute atomic E-state index is 12.2. The normalized spacial score (nSPS) is 10.9. The highest BCUT2D eigenvalue weighted by Gasteiger charge is 2.06. The van der Waals surface area contributed by atoms with Gasteiger partial charge in [0.05, 0.1) is 0 Å². The number of unbranched alkanes of at least 4 members (excludes halogenated alkanes) is 2. The van der Waals surface area contributed by atoms with Gasteiger partial charge in [-0.25, -0.2) is 9.97 Å². The fourth-order valence-electron chi connectivity index (χ4n) is 3.19. The third kappa shape index (κ3) is 5.70. The van der Waals surface area contributed by atoms with Crippen molar-refractivity contribution in [3.63, 3.8) is 0 Å². The summed E-state index contributed by atoms with van der Waals surface area (Å²) in [5.74, 6) is 0. The molecule has 28 heavy (non-hydrogen) atoms. The molecule has 0 unspecified atom stereocenters. The Hall–Kier alpha value is -2.60. The zero-order chi connectivity index (χ0) is 19.8. The van der Waals surface area contributed by atoms with Gasteiger partial charge in [0.25, 0.3) is 5.56 Å². The van der Waals surface area contributed by atoms with Gasteiger partial charge in [-0.05, 0) is 48.2 Å². The largest absolute Gasteiger partial charge is 0.325 e. The molecule has 0 fully saturated rings. The van der Waals surface area contributed by atoms with E-state index in [0.717, 1.165) is 24.9 Å². The van der Waals surface area contributed by atoms with E-state index >= 15 is 0 Å². The van der Waals surface area contributed by atoms with Crippen LogP contribution in [0.25, 0.3) is 0 Å². The smallest absolute Gasteiger partial charge is 0.255 e. The van der Waals surface area contributed by atoms with Crippen LogP contribution in [-0.4, -0.2) is 19.5 Å². The number of nitrogens with one attached hydrogen (secondary N) is 1. The molecule has 2 heterocycles. The van der Waals surface area contributed by atoms with Crippen LogP contribution in [0.1, 0.15) is 48.4 Å². The Morgan fingerprint density at radius 2 is 1.68 bits per heavy atom. The molecule has 0 saturated heterocycles. The molecule has 1 N–H and O–H groups in total. The average molecular weight is 395 g/mol. The van der Waals surface area contributed by atoms with E-state index in [1.807, 2.05) is 10.8 Å². The SMILES string of the molecule is CCCCCc1ccc(CCn2cc(Cc3cncnc3)c(=O)[nH]c2=S)cc1. The summed E-state index contributed by atoms with van der Waals surface area (Å²) in [6, 6.07) is 8.83. The minimum absolute atomic E-state index is 0.151. The Labute approximate surface area is 170 Å². The summed E-state index contributed by atoms with van der Waals surface area (Å²) in [7, 11) is 0. The minimum atomic E-state index is -0.151. The first-order chi connectivity index (χ1) is 13.7. The average Bonchev–Trinajstić information content (AvgIpc) is 2.71. The minimum Gasteiger partial charge on any atom is -0.325 e. The van der Waals surface area contributed by atoms with Gasteiger partial charge in [0, 0.05) is 37.1 Å². The van der Waals surface area contributed by atoms with Gasteiger partial charge in [0.2, 0.25) is 0 Å². The number of rotatable bonds is 9. The topological polar surface area (TPSA) is 63.6 Å². The molecule has 0 radical (unpaired) electrons. The standard InChI is InChI=1S/C22H26N4OS/c1-2-3-4-5-17-6-8-18(9-7-17)10-11-26-15-20(21(27)25-22(26)28)12-19-13-23-16-24-14-19/h6-9,13-16H,2-5,10-12H2,1H3,(H,25,27,28). The molecular formula is C22H26N4OS. The summed E-state index contributed by atoms with van der Waals surface area (Å²) in [6.45, 7) is 2.95. The Kier molecular flexibility index (Phi) is 7.25. The Bertz CT molecular complexity index is 994. The third-order valence-corrected chi connectivity index (χ3v) is 5.16. The first-order valence-corrected chi connectivity index (χ1v) is 10.2. The number of benzene rings is 1. The quantitative estimate of drug-likeness (QED) is 0.435. The fraction of sp³-hybridized carbons (Fsp3) is 0.364. The van der Waals surface area contributed by atoms with Crippen molar-refractivity contribution in [2.75, 3.05) is 0 Å². The lowest BCUT2D eigenvalue weighted by molar-refractivity contribution is 0.655. The molecule has 3 rings (SSSR count). The second kappa shape index (κ2) is 10.1. The van der Waals surface area contributed by atoms with Crippen molar-refractivity contribution < 1.29 is 0 Å². The fourth-order valence-corrected chi connectivity index (χ4v) is 3.43. The summed E-state index contributed by atoms with van der Waals surface area (Å²) < 4.78 is 2.39. The molecular weight excluding hydrogens is 368 g/mol. The van der Waals surface area contributed by atoms with Crippen LogP contribution in [0.15, 0.2) is 54.0 Å². The van der Waals surface area contributed by atoms with E-state index in [1.165, 1.54) is 36.7 Å². The molecule has 0 spiro atoms. The molecule has 6 heteroatoms. The van der Waals surface area contributed by atoms with E-state index in [9.17, 15) is 4.79 Å². The number of H-pyrrole nitrogens is 1. The van der Waals surface area contributed by atoms with E-state index in [0.29, 0.717) is 16.8 Å². The molecule has 0 atom stereocenters. The third-order valence-electron chi connectivity index (χ3n) is 4.83. The molecule has 0 amide bonds. The zero-order valence-electron chi connectivity index (χ0n) is 16.2. The van der Waals surface area contributed by atoms with E-state index in [1.54, 1.807) is 12.4 Å². The first-order valence-electron chi connectivity index (χ1n) is 9.80. The van der Waals surface area contributed by atoms with Crippen LogP contribution in [0, 0.1) is 4.77 Å². The highest BCUT2D eigenvalue weighted by atomic mass is 32.1. The molecule has 0 aliphatic rings. The van der Waals surface area contributed by atoms with Gasteiger partial charge < -0.3 is 4.57 Å².